The minimum atomic E-state index is 0.216. The first kappa shape index (κ1) is 9.49. The summed E-state index contributed by atoms with van der Waals surface area (Å²) in [7, 11) is 0. The zero-order valence-electron chi connectivity index (χ0n) is 7.08. The number of hydrogen-bond donors (Lipinski definition) is 0. The normalized spacial score (nSPS) is 10.7. The van der Waals surface area contributed by atoms with Crippen molar-refractivity contribution >= 4 is 35.1 Å². The van der Waals surface area contributed by atoms with Crippen LogP contribution in [0.2, 0.25) is 5.02 Å². The summed E-state index contributed by atoms with van der Waals surface area (Å²) in [6.45, 7) is 0. The lowest BCUT2D eigenvalue weighted by Gasteiger charge is -1.94. The van der Waals surface area contributed by atoms with Crippen molar-refractivity contribution in [3.05, 3.63) is 34.7 Å². The van der Waals surface area contributed by atoms with Gasteiger partial charge < -0.3 is 0 Å². The fourth-order valence-electron chi connectivity index (χ4n) is 1.31. The molecule has 5 heteroatoms. The van der Waals surface area contributed by atoms with Gasteiger partial charge in [-0.3, -0.25) is 9.20 Å². The third-order valence-electron chi connectivity index (χ3n) is 1.94. The molecule has 72 valence electrons. The molecular formula is C9H6Cl2N2O. The quantitative estimate of drug-likeness (QED) is 0.585. The largest absolute Gasteiger partial charge is 0.297 e. The van der Waals surface area contributed by atoms with Crippen LogP contribution < -0.4 is 0 Å². The average Bonchev–Trinajstić information content (AvgIpc) is 2.54. The van der Waals surface area contributed by atoms with Gasteiger partial charge in [-0.2, -0.15) is 0 Å². The molecule has 0 N–H and O–H groups in total. The fraction of sp³-hybridized carbons (Fsp3) is 0.111. The number of pyridine rings is 1. The van der Waals surface area contributed by atoms with E-state index in [4.69, 9.17) is 23.2 Å². The highest BCUT2D eigenvalue weighted by atomic mass is 35.5. The van der Waals surface area contributed by atoms with Crippen LogP contribution in [0.4, 0.5) is 0 Å². The molecule has 0 saturated carbocycles. The van der Waals surface area contributed by atoms with E-state index in [1.165, 1.54) is 0 Å². The summed E-state index contributed by atoms with van der Waals surface area (Å²) < 4.78 is 1.66. The lowest BCUT2D eigenvalue weighted by atomic mass is 10.4. The zero-order valence-corrected chi connectivity index (χ0v) is 8.59. The van der Waals surface area contributed by atoms with Gasteiger partial charge in [0.15, 0.2) is 6.29 Å². The van der Waals surface area contributed by atoms with E-state index in [2.05, 4.69) is 4.98 Å². The van der Waals surface area contributed by atoms with Crippen LogP contribution in [0.1, 0.15) is 16.2 Å². The summed E-state index contributed by atoms with van der Waals surface area (Å²) in [5.41, 5.74) is 1.69. The van der Waals surface area contributed by atoms with Gasteiger partial charge in [0.05, 0.1) is 11.6 Å². The van der Waals surface area contributed by atoms with E-state index in [1.54, 1.807) is 22.7 Å². The summed E-state index contributed by atoms with van der Waals surface area (Å²) in [6.07, 6.45) is 2.44. The highest BCUT2D eigenvalue weighted by Gasteiger charge is 2.09. The van der Waals surface area contributed by atoms with Gasteiger partial charge in [0.25, 0.3) is 0 Å². The van der Waals surface area contributed by atoms with Gasteiger partial charge in [-0.15, -0.1) is 11.6 Å². The molecule has 0 radical (unpaired) electrons. The molecule has 0 unspecified atom stereocenters. The third kappa shape index (κ3) is 1.38. The number of nitrogens with zero attached hydrogens (tertiary/aromatic N) is 2. The molecule has 2 heterocycles. The molecule has 0 amide bonds. The molecule has 0 aliphatic rings. The minimum absolute atomic E-state index is 0.216. The topological polar surface area (TPSA) is 34.4 Å². The van der Waals surface area contributed by atoms with E-state index >= 15 is 0 Å². The molecule has 0 aliphatic heterocycles. The van der Waals surface area contributed by atoms with Crippen molar-refractivity contribution in [3.63, 3.8) is 0 Å². The molecule has 0 spiro atoms. The SMILES string of the molecule is O=Cc1c(CCl)nc2cc(Cl)ccn12. The van der Waals surface area contributed by atoms with Gasteiger partial charge in [0.1, 0.15) is 11.3 Å². The average molecular weight is 229 g/mol. The molecule has 3 nitrogen and oxygen atoms in total. The van der Waals surface area contributed by atoms with Gasteiger partial charge in [-0.1, -0.05) is 11.6 Å². The molecule has 14 heavy (non-hydrogen) atoms. The zero-order chi connectivity index (χ0) is 10.1. The first-order chi connectivity index (χ1) is 6.76. The molecule has 0 fully saturated rings. The standard InChI is InChI=1S/C9H6Cl2N2O/c10-4-7-8(5-14)13-2-1-6(11)3-9(13)12-7/h1-3,5H,4H2. The maximum Gasteiger partial charge on any atom is 0.168 e. The van der Waals surface area contributed by atoms with Crippen molar-refractivity contribution < 1.29 is 4.79 Å². The van der Waals surface area contributed by atoms with Crippen molar-refractivity contribution in [2.45, 2.75) is 5.88 Å². The number of imidazole rings is 1. The number of fused-ring (bicyclic) bond motifs is 1. The summed E-state index contributed by atoms with van der Waals surface area (Å²) in [5, 5.41) is 0.584. The molecule has 2 aromatic rings. The maximum atomic E-state index is 10.8. The first-order valence-corrected chi connectivity index (χ1v) is 4.85. The van der Waals surface area contributed by atoms with E-state index < -0.39 is 0 Å². The third-order valence-corrected chi connectivity index (χ3v) is 2.43. The van der Waals surface area contributed by atoms with Gasteiger partial charge >= 0.3 is 0 Å². The Kier molecular flexibility index (Phi) is 2.44. The van der Waals surface area contributed by atoms with E-state index in [0.29, 0.717) is 22.1 Å². The Labute approximate surface area is 90.3 Å². The summed E-state index contributed by atoms with van der Waals surface area (Å²) >= 11 is 11.4. The number of rotatable bonds is 2. The summed E-state index contributed by atoms with van der Waals surface area (Å²) in [5.74, 6) is 0.216. The number of aldehydes is 1. The maximum absolute atomic E-state index is 10.8. The van der Waals surface area contributed by atoms with Gasteiger partial charge in [0, 0.05) is 17.3 Å². The van der Waals surface area contributed by atoms with E-state index in [9.17, 15) is 4.79 Å². The fourth-order valence-corrected chi connectivity index (χ4v) is 1.66. The highest BCUT2D eigenvalue weighted by molar-refractivity contribution is 6.30. The second kappa shape index (κ2) is 3.59. The van der Waals surface area contributed by atoms with Gasteiger partial charge in [-0.05, 0) is 6.07 Å². The van der Waals surface area contributed by atoms with E-state index in [0.717, 1.165) is 6.29 Å². The molecule has 0 bridgehead atoms. The Balaban J connectivity index is 2.79. The first-order valence-electron chi connectivity index (χ1n) is 3.94. The van der Waals surface area contributed by atoms with Crippen LogP contribution in [0.25, 0.3) is 5.65 Å². The lowest BCUT2D eigenvalue weighted by molar-refractivity contribution is 0.111. The molecule has 0 saturated heterocycles. The monoisotopic (exact) mass is 228 g/mol. The van der Waals surface area contributed by atoms with Crippen LogP contribution in [0.15, 0.2) is 18.3 Å². The second-order valence-corrected chi connectivity index (χ2v) is 3.47. The van der Waals surface area contributed by atoms with Crippen molar-refractivity contribution in [2.75, 3.05) is 0 Å². The number of halogens is 2. The molecule has 0 atom stereocenters. The summed E-state index contributed by atoms with van der Waals surface area (Å²) in [6, 6.07) is 3.38. The number of carbonyl (C=O) groups is 1. The highest BCUT2D eigenvalue weighted by Crippen LogP contribution is 2.16. The molecule has 2 rings (SSSR count). The van der Waals surface area contributed by atoms with Crippen LogP contribution in [-0.2, 0) is 5.88 Å². The van der Waals surface area contributed by atoms with E-state index in [1.807, 2.05) is 0 Å². The van der Waals surface area contributed by atoms with Gasteiger partial charge in [0.2, 0.25) is 0 Å². The van der Waals surface area contributed by atoms with Crippen LogP contribution >= 0.6 is 23.2 Å². The molecule has 0 aromatic carbocycles. The minimum Gasteiger partial charge on any atom is -0.297 e. The Morgan fingerprint density at radius 2 is 2.36 bits per heavy atom. The number of alkyl halides is 1. The van der Waals surface area contributed by atoms with E-state index in [-0.39, 0.29) is 5.88 Å². The number of hydrogen-bond acceptors (Lipinski definition) is 2. The molecular weight excluding hydrogens is 223 g/mol. The van der Waals surface area contributed by atoms with Gasteiger partial charge in [-0.25, -0.2) is 4.98 Å². The Hall–Kier alpha value is -1.06. The van der Waals surface area contributed by atoms with Crippen LogP contribution in [0.3, 0.4) is 0 Å². The number of aromatic nitrogens is 2. The predicted octanol–water partition coefficient (Wildman–Crippen LogP) is 2.54. The van der Waals surface area contributed by atoms with Crippen molar-refractivity contribution in [1.29, 1.82) is 0 Å². The number of carbonyl (C=O) groups excluding carboxylic acids is 1. The predicted molar refractivity (Wildman–Crippen MR) is 55.1 cm³/mol. The smallest absolute Gasteiger partial charge is 0.168 e. The Bertz CT molecular complexity index is 493. The van der Waals surface area contributed by atoms with Crippen LogP contribution in [-0.4, -0.2) is 15.7 Å². The Morgan fingerprint density at radius 1 is 1.57 bits per heavy atom. The Morgan fingerprint density at radius 3 is 3.00 bits per heavy atom. The van der Waals surface area contributed by atoms with Crippen molar-refractivity contribution in [1.82, 2.24) is 9.38 Å². The van der Waals surface area contributed by atoms with Crippen LogP contribution in [0, 0.1) is 0 Å². The van der Waals surface area contributed by atoms with Crippen LogP contribution in [0.5, 0.6) is 0 Å². The molecule has 0 aliphatic carbocycles. The second-order valence-electron chi connectivity index (χ2n) is 2.77. The van der Waals surface area contributed by atoms with Crippen molar-refractivity contribution in [3.8, 4) is 0 Å². The molecule has 2 aromatic heterocycles. The van der Waals surface area contributed by atoms with Crippen molar-refractivity contribution in [2.24, 2.45) is 0 Å². The lowest BCUT2D eigenvalue weighted by Crippen LogP contribution is -1.92. The summed E-state index contributed by atoms with van der Waals surface area (Å²) in [4.78, 5) is 15.0.